The number of piperazine rings is 1. The number of nitrogens with one attached hydrogen (secondary N) is 1. The highest BCUT2D eigenvalue weighted by Gasteiger charge is 2.25. The molecule has 7 nitrogen and oxygen atoms in total. The Labute approximate surface area is 179 Å². The van der Waals surface area contributed by atoms with Gasteiger partial charge in [-0.05, 0) is 58.0 Å². The zero-order valence-electron chi connectivity index (χ0n) is 17.2. The highest BCUT2D eigenvalue weighted by molar-refractivity contribution is 9.10. The minimum atomic E-state index is -0.469. The molecule has 1 aromatic carbocycles. The predicted octanol–water partition coefficient (Wildman–Crippen LogP) is 3.87. The van der Waals surface area contributed by atoms with Crippen molar-refractivity contribution in [3.8, 4) is 0 Å². The van der Waals surface area contributed by atoms with Gasteiger partial charge in [0.25, 0.3) is 5.91 Å². The molecular formula is C21H28BrN3O4. The van der Waals surface area contributed by atoms with E-state index in [1.54, 1.807) is 11.0 Å². The lowest BCUT2D eigenvalue weighted by atomic mass is 10.2. The normalized spacial score (nSPS) is 15.5. The molecule has 1 aliphatic rings. The Morgan fingerprint density at radius 1 is 1.17 bits per heavy atom. The van der Waals surface area contributed by atoms with Crippen LogP contribution in [0.15, 0.2) is 33.2 Å². The first-order chi connectivity index (χ1) is 13.7. The molecular weight excluding hydrogens is 438 g/mol. The van der Waals surface area contributed by atoms with Crippen molar-refractivity contribution in [3.05, 3.63) is 34.5 Å². The molecule has 0 saturated carbocycles. The van der Waals surface area contributed by atoms with Crippen molar-refractivity contribution < 1.29 is 18.7 Å². The zero-order chi connectivity index (χ0) is 21.0. The Bertz CT molecular complexity index is 866. The lowest BCUT2D eigenvalue weighted by molar-refractivity contribution is 0.0144. The maximum Gasteiger partial charge on any atom is 0.410 e. The highest BCUT2D eigenvalue weighted by Crippen LogP contribution is 2.23. The van der Waals surface area contributed by atoms with Crippen LogP contribution in [0.5, 0.6) is 0 Å². The Morgan fingerprint density at radius 2 is 1.90 bits per heavy atom. The first-order valence-corrected chi connectivity index (χ1v) is 10.7. The van der Waals surface area contributed by atoms with Crippen LogP contribution in [-0.4, -0.2) is 66.7 Å². The summed E-state index contributed by atoms with van der Waals surface area (Å²) in [5.41, 5.74) is 0.226. The molecule has 1 fully saturated rings. The van der Waals surface area contributed by atoms with Crippen molar-refractivity contribution in [1.82, 2.24) is 15.1 Å². The van der Waals surface area contributed by atoms with Crippen LogP contribution in [0.2, 0.25) is 0 Å². The predicted molar refractivity (Wildman–Crippen MR) is 115 cm³/mol. The van der Waals surface area contributed by atoms with Crippen LogP contribution in [0.4, 0.5) is 4.79 Å². The van der Waals surface area contributed by atoms with Crippen LogP contribution >= 0.6 is 15.9 Å². The summed E-state index contributed by atoms with van der Waals surface area (Å²) in [6.45, 7) is 10.0. The number of nitrogens with zero attached hydrogens (tertiary/aromatic N) is 2. The third-order valence-electron chi connectivity index (χ3n) is 4.66. The molecule has 0 radical (unpaired) electrons. The maximum absolute atomic E-state index is 12.3. The van der Waals surface area contributed by atoms with Gasteiger partial charge in [-0.1, -0.05) is 15.9 Å². The van der Waals surface area contributed by atoms with Gasteiger partial charge in [-0.2, -0.15) is 0 Å². The molecule has 0 unspecified atom stereocenters. The van der Waals surface area contributed by atoms with Gasteiger partial charge in [0.1, 0.15) is 11.2 Å². The standard InChI is InChI=1S/C21H28BrN3O4/c1-21(2,3)29-20(27)25-11-9-24(10-12-25)8-4-7-23-19(26)18-14-15-13-16(22)5-6-17(15)28-18/h5-6,13-14H,4,7-12H2,1-3H3,(H,23,26). The zero-order valence-corrected chi connectivity index (χ0v) is 18.8. The third kappa shape index (κ3) is 6.21. The van der Waals surface area contributed by atoms with Crippen molar-refractivity contribution in [2.24, 2.45) is 0 Å². The molecule has 0 spiro atoms. The Balaban J connectivity index is 1.36. The minimum absolute atomic E-state index is 0.202. The van der Waals surface area contributed by atoms with Gasteiger partial charge in [-0.25, -0.2) is 4.79 Å². The average Bonchev–Trinajstić information content (AvgIpc) is 3.07. The Morgan fingerprint density at radius 3 is 2.59 bits per heavy atom. The SMILES string of the molecule is CC(C)(C)OC(=O)N1CCN(CCCNC(=O)c2cc3cc(Br)ccc3o2)CC1. The molecule has 0 atom stereocenters. The molecule has 2 aromatic rings. The van der Waals surface area contributed by atoms with Gasteiger partial charge in [0.2, 0.25) is 0 Å². The number of ether oxygens (including phenoxy) is 1. The van der Waals surface area contributed by atoms with Gasteiger partial charge in [0, 0.05) is 42.6 Å². The van der Waals surface area contributed by atoms with E-state index in [1.165, 1.54) is 0 Å². The number of furan rings is 1. The van der Waals surface area contributed by atoms with Crippen LogP contribution in [0.3, 0.4) is 0 Å². The van der Waals surface area contributed by atoms with Crippen molar-refractivity contribution >= 4 is 38.9 Å². The largest absolute Gasteiger partial charge is 0.451 e. The first kappa shape index (κ1) is 21.6. The fraction of sp³-hybridized carbons (Fsp3) is 0.524. The molecule has 2 heterocycles. The molecule has 3 rings (SSSR count). The highest BCUT2D eigenvalue weighted by atomic mass is 79.9. The number of hydrogen-bond donors (Lipinski definition) is 1. The topological polar surface area (TPSA) is 75.0 Å². The number of hydrogen-bond acceptors (Lipinski definition) is 5. The molecule has 158 valence electrons. The fourth-order valence-electron chi connectivity index (χ4n) is 3.20. The van der Waals surface area contributed by atoms with Crippen LogP contribution in [-0.2, 0) is 4.74 Å². The maximum atomic E-state index is 12.3. The summed E-state index contributed by atoms with van der Waals surface area (Å²) in [4.78, 5) is 28.4. The monoisotopic (exact) mass is 465 g/mol. The van der Waals surface area contributed by atoms with E-state index in [0.717, 1.165) is 35.9 Å². The van der Waals surface area contributed by atoms with E-state index in [1.807, 2.05) is 39.0 Å². The average molecular weight is 466 g/mol. The summed E-state index contributed by atoms with van der Waals surface area (Å²) in [6.07, 6.45) is 0.589. The van der Waals surface area contributed by atoms with Gasteiger partial charge in [0.15, 0.2) is 5.76 Å². The minimum Gasteiger partial charge on any atom is -0.451 e. The van der Waals surface area contributed by atoms with E-state index in [4.69, 9.17) is 9.15 Å². The number of benzene rings is 1. The van der Waals surface area contributed by atoms with Crippen molar-refractivity contribution in [3.63, 3.8) is 0 Å². The van der Waals surface area contributed by atoms with Crippen LogP contribution < -0.4 is 5.32 Å². The van der Waals surface area contributed by atoms with Gasteiger partial charge in [0.05, 0.1) is 0 Å². The second kappa shape index (κ2) is 9.17. The summed E-state index contributed by atoms with van der Waals surface area (Å²) >= 11 is 3.42. The van der Waals surface area contributed by atoms with Crippen LogP contribution in [0, 0.1) is 0 Å². The molecule has 1 saturated heterocycles. The summed E-state index contributed by atoms with van der Waals surface area (Å²) in [5, 5.41) is 3.81. The Hall–Kier alpha value is -2.06. The number of carbonyl (C=O) groups is 2. The van der Waals surface area contributed by atoms with Crippen LogP contribution in [0.25, 0.3) is 11.0 Å². The lowest BCUT2D eigenvalue weighted by Crippen LogP contribution is -2.50. The van der Waals surface area contributed by atoms with E-state index < -0.39 is 5.60 Å². The molecule has 2 amide bonds. The van der Waals surface area contributed by atoms with Gasteiger partial charge < -0.3 is 19.4 Å². The van der Waals surface area contributed by atoms with Gasteiger partial charge >= 0.3 is 6.09 Å². The number of amides is 2. The molecule has 1 N–H and O–H groups in total. The lowest BCUT2D eigenvalue weighted by Gasteiger charge is -2.35. The molecule has 8 heteroatoms. The van der Waals surface area contributed by atoms with E-state index in [2.05, 4.69) is 26.1 Å². The second-order valence-electron chi connectivity index (χ2n) is 8.21. The summed E-state index contributed by atoms with van der Waals surface area (Å²) in [6, 6.07) is 7.40. The van der Waals surface area contributed by atoms with Crippen LogP contribution in [0.1, 0.15) is 37.7 Å². The summed E-state index contributed by atoms with van der Waals surface area (Å²) in [7, 11) is 0. The number of carbonyl (C=O) groups excluding carboxylic acids is 2. The molecule has 1 aliphatic heterocycles. The van der Waals surface area contributed by atoms with E-state index in [9.17, 15) is 9.59 Å². The first-order valence-electron chi connectivity index (χ1n) is 9.89. The number of halogens is 1. The van der Waals surface area contributed by atoms with E-state index in [0.29, 0.717) is 31.0 Å². The van der Waals surface area contributed by atoms with Crippen molar-refractivity contribution in [1.29, 1.82) is 0 Å². The number of rotatable bonds is 5. The smallest absolute Gasteiger partial charge is 0.410 e. The third-order valence-corrected chi connectivity index (χ3v) is 5.16. The second-order valence-corrected chi connectivity index (χ2v) is 9.13. The number of fused-ring (bicyclic) bond motifs is 1. The fourth-order valence-corrected chi connectivity index (χ4v) is 3.58. The summed E-state index contributed by atoms with van der Waals surface area (Å²) < 4.78 is 12.0. The van der Waals surface area contributed by atoms with E-state index in [-0.39, 0.29) is 12.0 Å². The molecule has 0 bridgehead atoms. The van der Waals surface area contributed by atoms with Gasteiger partial charge in [-0.3, -0.25) is 9.69 Å². The molecule has 29 heavy (non-hydrogen) atoms. The van der Waals surface area contributed by atoms with Gasteiger partial charge in [-0.15, -0.1) is 0 Å². The quantitative estimate of drug-likeness (QED) is 0.678. The van der Waals surface area contributed by atoms with Crippen molar-refractivity contribution in [2.75, 3.05) is 39.3 Å². The molecule has 0 aliphatic carbocycles. The van der Waals surface area contributed by atoms with Crippen molar-refractivity contribution in [2.45, 2.75) is 32.8 Å². The summed E-state index contributed by atoms with van der Waals surface area (Å²) in [5.74, 6) is 0.121. The molecule has 1 aromatic heterocycles. The van der Waals surface area contributed by atoms with E-state index >= 15 is 0 Å². The Kier molecular flexibility index (Phi) is 6.85.